The lowest BCUT2D eigenvalue weighted by molar-refractivity contribution is -0.157. The SMILES string of the molecule is COCC(CO)(CO)COC(C)OC. The molecule has 0 aromatic heterocycles. The molecule has 0 rings (SSSR count). The zero-order chi connectivity index (χ0) is 11.0. The molecule has 0 saturated carbocycles. The molecule has 0 aliphatic heterocycles. The van der Waals surface area contributed by atoms with Crippen LogP contribution in [0.3, 0.4) is 0 Å². The van der Waals surface area contributed by atoms with E-state index < -0.39 is 5.41 Å². The molecule has 0 aliphatic rings. The van der Waals surface area contributed by atoms with Crippen LogP contribution < -0.4 is 0 Å². The van der Waals surface area contributed by atoms with Gasteiger partial charge < -0.3 is 24.4 Å². The van der Waals surface area contributed by atoms with Gasteiger partial charge in [-0.2, -0.15) is 0 Å². The predicted molar refractivity (Wildman–Crippen MR) is 50.9 cm³/mol. The molecular formula is C9H20O5. The summed E-state index contributed by atoms with van der Waals surface area (Å²) in [6.07, 6.45) is -0.357. The van der Waals surface area contributed by atoms with Gasteiger partial charge >= 0.3 is 0 Å². The van der Waals surface area contributed by atoms with Gasteiger partial charge in [-0.25, -0.2) is 0 Å². The van der Waals surface area contributed by atoms with E-state index in [0.717, 1.165) is 0 Å². The minimum atomic E-state index is -0.748. The van der Waals surface area contributed by atoms with Gasteiger partial charge in [-0.1, -0.05) is 0 Å². The summed E-state index contributed by atoms with van der Waals surface area (Å²) in [4.78, 5) is 0. The Balaban J connectivity index is 4.06. The summed E-state index contributed by atoms with van der Waals surface area (Å²) in [6.45, 7) is 1.81. The van der Waals surface area contributed by atoms with Crippen LogP contribution in [0.5, 0.6) is 0 Å². The van der Waals surface area contributed by atoms with Gasteiger partial charge in [-0.05, 0) is 6.92 Å². The molecule has 0 saturated heterocycles. The van der Waals surface area contributed by atoms with Crippen LogP contribution in [0.2, 0.25) is 0 Å². The molecule has 5 heteroatoms. The standard InChI is InChI=1S/C9H20O5/c1-8(13-3)14-7-9(4-10,5-11)6-12-2/h8,10-11H,4-7H2,1-3H3. The van der Waals surface area contributed by atoms with Crippen molar-refractivity contribution in [2.45, 2.75) is 13.2 Å². The van der Waals surface area contributed by atoms with E-state index in [2.05, 4.69) is 0 Å². The lowest BCUT2D eigenvalue weighted by Crippen LogP contribution is -2.40. The Morgan fingerprint density at radius 1 is 1.14 bits per heavy atom. The minimum absolute atomic E-state index is 0.187. The molecule has 14 heavy (non-hydrogen) atoms. The molecule has 1 unspecified atom stereocenters. The van der Waals surface area contributed by atoms with E-state index in [4.69, 9.17) is 24.4 Å². The van der Waals surface area contributed by atoms with E-state index in [1.165, 1.54) is 14.2 Å². The fourth-order valence-corrected chi connectivity index (χ4v) is 0.943. The quantitative estimate of drug-likeness (QED) is 0.532. The number of rotatable bonds is 8. The maximum atomic E-state index is 9.13. The van der Waals surface area contributed by atoms with Crippen LogP contribution in [-0.4, -0.2) is 57.2 Å². The summed E-state index contributed by atoms with van der Waals surface area (Å²) in [7, 11) is 3.04. The van der Waals surface area contributed by atoms with Crippen molar-refractivity contribution >= 4 is 0 Å². The Kier molecular flexibility index (Phi) is 7.04. The molecule has 0 spiro atoms. The highest BCUT2D eigenvalue weighted by molar-refractivity contribution is 4.77. The van der Waals surface area contributed by atoms with E-state index in [9.17, 15) is 0 Å². The topological polar surface area (TPSA) is 68.2 Å². The Morgan fingerprint density at radius 2 is 1.71 bits per heavy atom. The summed E-state index contributed by atoms with van der Waals surface area (Å²) < 4.78 is 15.1. The summed E-state index contributed by atoms with van der Waals surface area (Å²) in [5.41, 5.74) is -0.748. The molecule has 5 nitrogen and oxygen atoms in total. The van der Waals surface area contributed by atoms with Gasteiger partial charge in [-0.15, -0.1) is 0 Å². The van der Waals surface area contributed by atoms with Crippen molar-refractivity contribution in [2.24, 2.45) is 5.41 Å². The first kappa shape index (κ1) is 13.8. The normalized spacial score (nSPS) is 14.4. The molecule has 0 amide bonds. The number of hydrogen-bond donors (Lipinski definition) is 2. The first-order valence-electron chi connectivity index (χ1n) is 4.49. The van der Waals surface area contributed by atoms with Crippen LogP contribution in [0.25, 0.3) is 0 Å². The molecule has 2 N–H and O–H groups in total. The second kappa shape index (κ2) is 7.14. The molecular weight excluding hydrogens is 188 g/mol. The highest BCUT2D eigenvalue weighted by atomic mass is 16.7. The van der Waals surface area contributed by atoms with E-state index >= 15 is 0 Å². The Labute approximate surface area is 84.6 Å². The fourth-order valence-electron chi connectivity index (χ4n) is 0.943. The third kappa shape index (κ3) is 4.34. The second-order valence-corrected chi connectivity index (χ2v) is 3.36. The molecule has 0 aromatic rings. The van der Waals surface area contributed by atoms with Crippen molar-refractivity contribution in [2.75, 3.05) is 40.6 Å². The van der Waals surface area contributed by atoms with Crippen molar-refractivity contribution in [1.82, 2.24) is 0 Å². The number of hydrogen-bond acceptors (Lipinski definition) is 5. The number of methoxy groups -OCH3 is 2. The molecule has 0 aliphatic carbocycles. The van der Waals surface area contributed by atoms with Crippen molar-refractivity contribution in [3.05, 3.63) is 0 Å². The van der Waals surface area contributed by atoms with Crippen molar-refractivity contribution in [1.29, 1.82) is 0 Å². The van der Waals surface area contributed by atoms with Gasteiger partial charge in [0, 0.05) is 14.2 Å². The van der Waals surface area contributed by atoms with Crippen molar-refractivity contribution < 1.29 is 24.4 Å². The van der Waals surface area contributed by atoms with Crippen LogP contribution in [0, 0.1) is 5.41 Å². The van der Waals surface area contributed by atoms with Gasteiger partial charge in [-0.3, -0.25) is 0 Å². The highest BCUT2D eigenvalue weighted by Gasteiger charge is 2.30. The largest absolute Gasteiger partial charge is 0.396 e. The summed E-state index contributed by atoms with van der Waals surface area (Å²) >= 11 is 0. The average Bonchev–Trinajstić information content (AvgIpc) is 2.24. The van der Waals surface area contributed by atoms with Crippen LogP contribution in [0.4, 0.5) is 0 Å². The first-order chi connectivity index (χ1) is 6.64. The third-order valence-electron chi connectivity index (χ3n) is 2.08. The Morgan fingerprint density at radius 3 is 2.07 bits per heavy atom. The highest BCUT2D eigenvalue weighted by Crippen LogP contribution is 2.17. The van der Waals surface area contributed by atoms with E-state index in [1.807, 2.05) is 0 Å². The zero-order valence-electron chi connectivity index (χ0n) is 9.02. The molecule has 0 aromatic carbocycles. The van der Waals surface area contributed by atoms with E-state index in [0.29, 0.717) is 0 Å². The van der Waals surface area contributed by atoms with E-state index in [-0.39, 0.29) is 32.7 Å². The molecule has 0 radical (unpaired) electrons. The van der Waals surface area contributed by atoms with Gasteiger partial charge in [0.2, 0.25) is 0 Å². The monoisotopic (exact) mass is 208 g/mol. The Bertz CT molecular complexity index is 135. The molecule has 0 fully saturated rings. The third-order valence-corrected chi connectivity index (χ3v) is 2.08. The Hall–Kier alpha value is -0.200. The minimum Gasteiger partial charge on any atom is -0.396 e. The van der Waals surface area contributed by atoms with Crippen LogP contribution in [0.1, 0.15) is 6.92 Å². The zero-order valence-corrected chi connectivity index (χ0v) is 9.02. The van der Waals surface area contributed by atoms with Gasteiger partial charge in [0.25, 0.3) is 0 Å². The summed E-state index contributed by atoms with van der Waals surface area (Å²) in [6, 6.07) is 0. The smallest absolute Gasteiger partial charge is 0.154 e. The lowest BCUT2D eigenvalue weighted by Gasteiger charge is -2.29. The predicted octanol–water partition coefficient (Wildman–Crippen LogP) is -0.387. The fraction of sp³-hybridized carbons (Fsp3) is 1.00. The van der Waals surface area contributed by atoms with Crippen molar-refractivity contribution in [3.8, 4) is 0 Å². The van der Waals surface area contributed by atoms with Gasteiger partial charge in [0.15, 0.2) is 6.29 Å². The molecule has 0 bridgehead atoms. The first-order valence-corrected chi connectivity index (χ1v) is 4.49. The summed E-state index contributed by atoms with van der Waals surface area (Å²) in [5.74, 6) is 0. The number of aliphatic hydroxyl groups excluding tert-OH is 2. The summed E-state index contributed by atoms with van der Waals surface area (Å²) in [5, 5.41) is 18.3. The maximum absolute atomic E-state index is 9.13. The average molecular weight is 208 g/mol. The number of aliphatic hydroxyl groups is 2. The van der Waals surface area contributed by atoms with Crippen LogP contribution >= 0.6 is 0 Å². The van der Waals surface area contributed by atoms with E-state index in [1.54, 1.807) is 6.92 Å². The molecule has 1 atom stereocenters. The maximum Gasteiger partial charge on any atom is 0.154 e. The van der Waals surface area contributed by atoms with Crippen LogP contribution in [-0.2, 0) is 14.2 Å². The number of ether oxygens (including phenoxy) is 3. The van der Waals surface area contributed by atoms with Crippen LogP contribution in [0.15, 0.2) is 0 Å². The van der Waals surface area contributed by atoms with Gasteiger partial charge in [0.1, 0.15) is 0 Å². The van der Waals surface area contributed by atoms with Gasteiger partial charge in [0.05, 0.1) is 31.8 Å². The second-order valence-electron chi connectivity index (χ2n) is 3.36. The molecule has 86 valence electrons. The van der Waals surface area contributed by atoms with Crippen molar-refractivity contribution in [3.63, 3.8) is 0 Å². The lowest BCUT2D eigenvalue weighted by atomic mass is 9.92. The molecule has 0 heterocycles.